The summed E-state index contributed by atoms with van der Waals surface area (Å²) in [6, 6.07) is 12.9. The SMILES string of the molecule is COc1ccc(CCNC(=O)C(C)NS(=O)(=O)c2ccc(Br)cc2)cc1. The van der Waals surface area contributed by atoms with Gasteiger partial charge in [0.2, 0.25) is 15.9 Å². The van der Waals surface area contributed by atoms with Crippen molar-refractivity contribution in [3.05, 3.63) is 58.6 Å². The topological polar surface area (TPSA) is 84.5 Å². The highest BCUT2D eigenvalue weighted by Crippen LogP contribution is 2.15. The van der Waals surface area contributed by atoms with Crippen molar-refractivity contribution >= 4 is 31.9 Å². The van der Waals surface area contributed by atoms with E-state index in [0.717, 1.165) is 15.8 Å². The molecule has 2 rings (SSSR count). The molecule has 2 aromatic carbocycles. The fraction of sp³-hybridized carbons (Fsp3) is 0.278. The maximum absolute atomic E-state index is 12.3. The van der Waals surface area contributed by atoms with Gasteiger partial charge in [0.15, 0.2) is 0 Å². The molecule has 0 aliphatic heterocycles. The largest absolute Gasteiger partial charge is 0.497 e. The number of benzene rings is 2. The van der Waals surface area contributed by atoms with Crippen molar-refractivity contribution in [2.45, 2.75) is 24.3 Å². The molecular formula is C18H21BrN2O4S. The molecule has 1 unspecified atom stereocenters. The molecule has 0 aliphatic rings. The number of halogens is 1. The second kappa shape index (κ2) is 9.16. The van der Waals surface area contributed by atoms with Gasteiger partial charge in [-0.15, -0.1) is 0 Å². The molecule has 0 bridgehead atoms. The standard InChI is InChI=1S/C18H21BrN2O4S/c1-13(21-26(23,24)17-9-5-15(19)6-10-17)18(22)20-12-11-14-3-7-16(25-2)8-4-14/h3-10,13,21H,11-12H2,1-2H3,(H,20,22). The van der Waals surface area contributed by atoms with Crippen LogP contribution in [0.4, 0.5) is 0 Å². The Morgan fingerprint density at radius 3 is 2.31 bits per heavy atom. The molecule has 0 saturated carbocycles. The molecule has 1 amide bonds. The predicted molar refractivity (Wildman–Crippen MR) is 104 cm³/mol. The van der Waals surface area contributed by atoms with Crippen LogP contribution in [0.3, 0.4) is 0 Å². The van der Waals surface area contributed by atoms with Crippen LogP contribution in [0.5, 0.6) is 5.75 Å². The summed E-state index contributed by atoms with van der Waals surface area (Å²) in [5.41, 5.74) is 1.05. The van der Waals surface area contributed by atoms with Crippen LogP contribution < -0.4 is 14.8 Å². The molecule has 0 spiro atoms. The highest BCUT2D eigenvalue weighted by atomic mass is 79.9. The van der Waals surface area contributed by atoms with Gasteiger partial charge in [-0.05, 0) is 55.3 Å². The summed E-state index contributed by atoms with van der Waals surface area (Å²) < 4.78 is 32.8. The lowest BCUT2D eigenvalue weighted by Gasteiger charge is -2.14. The number of hydrogen-bond acceptors (Lipinski definition) is 4. The van der Waals surface area contributed by atoms with E-state index < -0.39 is 16.1 Å². The van der Waals surface area contributed by atoms with Gasteiger partial charge >= 0.3 is 0 Å². The summed E-state index contributed by atoms with van der Waals surface area (Å²) in [5, 5.41) is 2.74. The highest BCUT2D eigenvalue weighted by molar-refractivity contribution is 9.10. The number of carbonyl (C=O) groups is 1. The van der Waals surface area contributed by atoms with Crippen molar-refractivity contribution in [2.24, 2.45) is 0 Å². The molecule has 8 heteroatoms. The minimum atomic E-state index is -3.75. The summed E-state index contributed by atoms with van der Waals surface area (Å²) in [6.45, 7) is 1.93. The number of carbonyl (C=O) groups excluding carboxylic acids is 1. The highest BCUT2D eigenvalue weighted by Gasteiger charge is 2.21. The summed E-state index contributed by atoms with van der Waals surface area (Å²) in [7, 11) is -2.15. The predicted octanol–water partition coefficient (Wildman–Crippen LogP) is 2.48. The van der Waals surface area contributed by atoms with Gasteiger partial charge in [0.25, 0.3) is 0 Å². The van der Waals surface area contributed by atoms with Gasteiger partial charge in [0, 0.05) is 11.0 Å². The van der Waals surface area contributed by atoms with Gasteiger partial charge in [-0.25, -0.2) is 8.42 Å². The Bertz CT molecular complexity index is 836. The average Bonchev–Trinajstić information content (AvgIpc) is 2.62. The van der Waals surface area contributed by atoms with Crippen LogP contribution in [-0.2, 0) is 21.2 Å². The zero-order valence-corrected chi connectivity index (χ0v) is 16.9. The fourth-order valence-corrected chi connectivity index (χ4v) is 3.71. The molecular weight excluding hydrogens is 420 g/mol. The van der Waals surface area contributed by atoms with Crippen molar-refractivity contribution in [3.63, 3.8) is 0 Å². The second-order valence-corrected chi connectivity index (χ2v) is 8.32. The van der Waals surface area contributed by atoms with E-state index in [9.17, 15) is 13.2 Å². The Hall–Kier alpha value is -1.90. The van der Waals surface area contributed by atoms with Gasteiger partial charge in [-0.3, -0.25) is 4.79 Å². The van der Waals surface area contributed by atoms with E-state index >= 15 is 0 Å². The lowest BCUT2D eigenvalue weighted by atomic mass is 10.1. The maximum Gasteiger partial charge on any atom is 0.241 e. The zero-order chi connectivity index (χ0) is 19.2. The third kappa shape index (κ3) is 5.82. The van der Waals surface area contributed by atoms with E-state index in [4.69, 9.17) is 4.74 Å². The van der Waals surface area contributed by atoms with Gasteiger partial charge in [-0.2, -0.15) is 4.72 Å². The quantitative estimate of drug-likeness (QED) is 0.660. The van der Waals surface area contributed by atoms with Gasteiger partial charge in [0.05, 0.1) is 18.0 Å². The van der Waals surface area contributed by atoms with Gasteiger partial charge in [0.1, 0.15) is 5.75 Å². The summed E-state index contributed by atoms with van der Waals surface area (Å²) in [4.78, 5) is 12.2. The molecule has 6 nitrogen and oxygen atoms in total. The molecule has 2 aromatic rings. The van der Waals surface area contributed by atoms with Crippen molar-refractivity contribution < 1.29 is 17.9 Å². The third-order valence-electron chi connectivity index (χ3n) is 3.72. The number of rotatable bonds is 8. The van der Waals surface area contributed by atoms with Crippen LogP contribution in [-0.4, -0.2) is 34.0 Å². The van der Waals surface area contributed by atoms with Gasteiger partial charge < -0.3 is 10.1 Å². The van der Waals surface area contributed by atoms with E-state index in [0.29, 0.717) is 13.0 Å². The maximum atomic E-state index is 12.3. The fourth-order valence-electron chi connectivity index (χ4n) is 2.24. The van der Waals surface area contributed by atoms with Crippen molar-refractivity contribution in [1.29, 1.82) is 0 Å². The first-order chi connectivity index (χ1) is 12.3. The molecule has 140 valence electrons. The van der Waals surface area contributed by atoms with E-state index in [1.165, 1.54) is 19.1 Å². The second-order valence-electron chi connectivity index (χ2n) is 5.69. The lowest BCUT2D eigenvalue weighted by molar-refractivity contribution is -0.122. The minimum absolute atomic E-state index is 0.110. The first kappa shape index (κ1) is 20.4. The Kier molecular flexibility index (Phi) is 7.19. The van der Waals surface area contributed by atoms with E-state index in [-0.39, 0.29) is 10.8 Å². The van der Waals surface area contributed by atoms with Crippen molar-refractivity contribution in [2.75, 3.05) is 13.7 Å². The van der Waals surface area contributed by atoms with Crippen LogP contribution in [0.1, 0.15) is 12.5 Å². The van der Waals surface area contributed by atoms with Crippen LogP contribution in [0.2, 0.25) is 0 Å². The molecule has 26 heavy (non-hydrogen) atoms. The Balaban J connectivity index is 1.85. The third-order valence-corrected chi connectivity index (χ3v) is 5.81. The normalized spacial score (nSPS) is 12.4. The van der Waals surface area contributed by atoms with E-state index in [2.05, 4.69) is 26.0 Å². The number of amides is 1. The van der Waals surface area contributed by atoms with Crippen molar-refractivity contribution in [1.82, 2.24) is 10.0 Å². The number of sulfonamides is 1. The molecule has 0 saturated heterocycles. The smallest absolute Gasteiger partial charge is 0.241 e. The molecule has 0 aromatic heterocycles. The molecule has 0 heterocycles. The van der Waals surface area contributed by atoms with E-state index in [1.807, 2.05) is 24.3 Å². The van der Waals surface area contributed by atoms with Crippen LogP contribution in [0.25, 0.3) is 0 Å². The minimum Gasteiger partial charge on any atom is -0.497 e. The monoisotopic (exact) mass is 440 g/mol. The molecule has 2 N–H and O–H groups in total. The first-order valence-electron chi connectivity index (χ1n) is 8.00. The summed E-state index contributed by atoms with van der Waals surface area (Å²) >= 11 is 3.26. The molecule has 0 aliphatic carbocycles. The number of hydrogen-bond donors (Lipinski definition) is 2. The average molecular weight is 441 g/mol. The summed E-state index contributed by atoms with van der Waals surface area (Å²) in [5.74, 6) is 0.396. The van der Waals surface area contributed by atoms with E-state index in [1.54, 1.807) is 19.2 Å². The van der Waals surface area contributed by atoms with Gasteiger partial charge in [-0.1, -0.05) is 28.1 Å². The Labute approximate surface area is 162 Å². The Morgan fingerprint density at radius 2 is 1.73 bits per heavy atom. The zero-order valence-electron chi connectivity index (χ0n) is 14.5. The first-order valence-corrected chi connectivity index (χ1v) is 10.3. The number of methoxy groups -OCH3 is 1. The van der Waals surface area contributed by atoms with Crippen LogP contribution >= 0.6 is 15.9 Å². The Morgan fingerprint density at radius 1 is 1.12 bits per heavy atom. The van der Waals surface area contributed by atoms with Crippen LogP contribution in [0.15, 0.2) is 57.9 Å². The summed E-state index contributed by atoms with van der Waals surface area (Å²) in [6.07, 6.45) is 0.641. The van der Waals surface area contributed by atoms with Crippen molar-refractivity contribution in [3.8, 4) is 5.75 Å². The number of ether oxygens (including phenoxy) is 1. The number of nitrogens with one attached hydrogen (secondary N) is 2. The molecule has 0 fully saturated rings. The lowest BCUT2D eigenvalue weighted by Crippen LogP contribution is -2.45. The van der Waals surface area contributed by atoms with Crippen LogP contribution in [0, 0.1) is 0 Å². The molecule has 1 atom stereocenters. The molecule has 0 radical (unpaired) electrons.